The highest BCUT2D eigenvalue weighted by atomic mass is 35.5. The standard InChI is InChI=1S/C11H11ClFNO5S/c1-2-14-9(15)5-20(18,19)6-3-7(11(16)17)10(12)8(13)4-6/h3-4H,2,5H2,1H3,(H,14,15)(H,16,17). The summed E-state index contributed by atoms with van der Waals surface area (Å²) in [4.78, 5) is 21.5. The number of sulfone groups is 1. The van der Waals surface area contributed by atoms with Crippen molar-refractivity contribution in [3.05, 3.63) is 28.5 Å². The van der Waals surface area contributed by atoms with Crippen molar-refractivity contribution >= 4 is 33.3 Å². The minimum absolute atomic E-state index is 0.240. The van der Waals surface area contributed by atoms with Crippen molar-refractivity contribution in [2.75, 3.05) is 12.3 Å². The molecule has 0 unspecified atom stereocenters. The van der Waals surface area contributed by atoms with E-state index >= 15 is 0 Å². The van der Waals surface area contributed by atoms with Crippen molar-refractivity contribution in [3.8, 4) is 0 Å². The number of carboxylic acid groups (broad SMARTS) is 1. The van der Waals surface area contributed by atoms with Gasteiger partial charge in [0, 0.05) is 6.54 Å². The SMILES string of the molecule is CCNC(=O)CS(=O)(=O)c1cc(F)c(Cl)c(C(=O)O)c1. The van der Waals surface area contributed by atoms with E-state index in [-0.39, 0.29) is 6.54 Å². The van der Waals surface area contributed by atoms with Crippen molar-refractivity contribution in [2.24, 2.45) is 0 Å². The van der Waals surface area contributed by atoms with E-state index in [0.29, 0.717) is 6.07 Å². The summed E-state index contributed by atoms with van der Waals surface area (Å²) in [7, 11) is -4.15. The summed E-state index contributed by atoms with van der Waals surface area (Å²) in [6.45, 7) is 1.85. The molecule has 0 spiro atoms. The second-order valence-corrected chi connectivity index (χ2v) is 6.15. The molecular weight excluding hydrogens is 313 g/mol. The molecule has 0 atom stereocenters. The number of aromatic carboxylic acids is 1. The monoisotopic (exact) mass is 323 g/mol. The Bertz CT molecular complexity index is 659. The molecule has 0 radical (unpaired) electrons. The van der Waals surface area contributed by atoms with Gasteiger partial charge in [0.25, 0.3) is 0 Å². The highest BCUT2D eigenvalue weighted by Gasteiger charge is 2.24. The summed E-state index contributed by atoms with van der Waals surface area (Å²) in [5.41, 5.74) is -0.679. The van der Waals surface area contributed by atoms with Gasteiger partial charge < -0.3 is 10.4 Å². The largest absolute Gasteiger partial charge is 0.478 e. The number of carbonyl (C=O) groups is 2. The maximum absolute atomic E-state index is 13.5. The number of nitrogens with one attached hydrogen (secondary N) is 1. The summed E-state index contributed by atoms with van der Waals surface area (Å²) < 4.78 is 37.2. The van der Waals surface area contributed by atoms with Crippen LogP contribution in [0.15, 0.2) is 17.0 Å². The Hall–Kier alpha value is -1.67. The van der Waals surface area contributed by atoms with Crippen molar-refractivity contribution in [3.63, 3.8) is 0 Å². The van der Waals surface area contributed by atoms with Gasteiger partial charge in [0.05, 0.1) is 15.5 Å². The molecule has 1 rings (SSSR count). The van der Waals surface area contributed by atoms with Crippen LogP contribution in [0.3, 0.4) is 0 Å². The second-order valence-electron chi connectivity index (χ2n) is 3.78. The number of hydrogen-bond donors (Lipinski definition) is 2. The van der Waals surface area contributed by atoms with Gasteiger partial charge in [0.15, 0.2) is 9.84 Å². The Balaban J connectivity index is 3.26. The lowest BCUT2D eigenvalue weighted by atomic mass is 10.2. The third kappa shape index (κ3) is 3.67. The highest BCUT2D eigenvalue weighted by molar-refractivity contribution is 7.92. The van der Waals surface area contributed by atoms with Crippen LogP contribution in [0.25, 0.3) is 0 Å². The first kappa shape index (κ1) is 16.4. The fourth-order valence-corrected chi connectivity index (χ4v) is 2.79. The van der Waals surface area contributed by atoms with Crippen LogP contribution in [0.4, 0.5) is 4.39 Å². The lowest BCUT2D eigenvalue weighted by Gasteiger charge is -2.07. The first-order valence-electron chi connectivity index (χ1n) is 5.40. The first-order chi connectivity index (χ1) is 9.19. The summed E-state index contributed by atoms with van der Waals surface area (Å²) in [6.07, 6.45) is 0. The molecule has 0 saturated heterocycles. The van der Waals surface area contributed by atoms with Crippen LogP contribution in [0.1, 0.15) is 17.3 Å². The zero-order chi connectivity index (χ0) is 15.5. The van der Waals surface area contributed by atoms with Crippen molar-refractivity contribution in [2.45, 2.75) is 11.8 Å². The van der Waals surface area contributed by atoms with Gasteiger partial charge >= 0.3 is 5.97 Å². The quantitative estimate of drug-likeness (QED) is 0.844. The fraction of sp³-hybridized carbons (Fsp3) is 0.273. The van der Waals surface area contributed by atoms with Crippen molar-refractivity contribution in [1.29, 1.82) is 0 Å². The number of benzene rings is 1. The van der Waals surface area contributed by atoms with E-state index in [4.69, 9.17) is 16.7 Å². The molecule has 1 aromatic rings. The van der Waals surface area contributed by atoms with E-state index in [9.17, 15) is 22.4 Å². The van der Waals surface area contributed by atoms with Crippen LogP contribution < -0.4 is 5.32 Å². The van der Waals surface area contributed by atoms with E-state index in [1.807, 2.05) is 0 Å². The van der Waals surface area contributed by atoms with Crippen LogP contribution in [-0.2, 0) is 14.6 Å². The minimum atomic E-state index is -4.15. The zero-order valence-corrected chi connectivity index (χ0v) is 11.9. The zero-order valence-electron chi connectivity index (χ0n) is 10.3. The number of halogens is 2. The van der Waals surface area contributed by atoms with E-state index in [1.165, 1.54) is 0 Å². The summed E-state index contributed by atoms with van der Waals surface area (Å²) in [5, 5.41) is 10.4. The molecule has 2 N–H and O–H groups in total. The second kappa shape index (κ2) is 6.19. The topological polar surface area (TPSA) is 101 Å². The van der Waals surface area contributed by atoms with E-state index in [0.717, 1.165) is 6.07 Å². The summed E-state index contributed by atoms with van der Waals surface area (Å²) >= 11 is 5.44. The van der Waals surface area contributed by atoms with Gasteiger partial charge in [0.1, 0.15) is 11.6 Å². The van der Waals surface area contributed by atoms with Crippen LogP contribution in [-0.4, -0.2) is 37.7 Å². The fourth-order valence-electron chi connectivity index (χ4n) is 1.40. The predicted molar refractivity (Wildman–Crippen MR) is 69.1 cm³/mol. The van der Waals surface area contributed by atoms with Gasteiger partial charge in [-0.3, -0.25) is 4.79 Å². The molecule has 6 nitrogen and oxygen atoms in total. The van der Waals surface area contributed by atoms with Gasteiger partial charge in [-0.25, -0.2) is 17.6 Å². The van der Waals surface area contributed by atoms with E-state index in [2.05, 4.69) is 5.32 Å². The van der Waals surface area contributed by atoms with Crippen LogP contribution >= 0.6 is 11.6 Å². The van der Waals surface area contributed by atoms with E-state index in [1.54, 1.807) is 6.92 Å². The molecule has 9 heteroatoms. The smallest absolute Gasteiger partial charge is 0.337 e. The van der Waals surface area contributed by atoms with Gasteiger partial charge in [0.2, 0.25) is 5.91 Å². The van der Waals surface area contributed by atoms with Crippen LogP contribution in [0.2, 0.25) is 5.02 Å². The Morgan fingerprint density at radius 3 is 2.50 bits per heavy atom. The van der Waals surface area contributed by atoms with Crippen LogP contribution in [0, 0.1) is 5.82 Å². The lowest BCUT2D eigenvalue weighted by molar-refractivity contribution is -0.118. The Morgan fingerprint density at radius 1 is 1.40 bits per heavy atom. The number of hydrogen-bond acceptors (Lipinski definition) is 4. The molecule has 0 aliphatic heterocycles. The molecule has 1 amide bonds. The van der Waals surface area contributed by atoms with Crippen LogP contribution in [0.5, 0.6) is 0 Å². The minimum Gasteiger partial charge on any atom is -0.478 e. The average Bonchev–Trinajstić information content (AvgIpc) is 2.31. The van der Waals surface area contributed by atoms with Gasteiger partial charge in [-0.1, -0.05) is 11.6 Å². The molecule has 20 heavy (non-hydrogen) atoms. The maximum atomic E-state index is 13.5. The summed E-state index contributed by atoms with van der Waals surface area (Å²) in [5.74, 6) is -4.41. The number of carboxylic acids is 1. The number of carbonyl (C=O) groups excluding carboxylic acids is 1. The highest BCUT2D eigenvalue weighted by Crippen LogP contribution is 2.25. The number of amides is 1. The van der Waals surface area contributed by atoms with Crippen molar-refractivity contribution in [1.82, 2.24) is 5.32 Å². The molecule has 0 heterocycles. The Kier molecular flexibility index (Phi) is 5.07. The molecule has 0 bridgehead atoms. The Morgan fingerprint density at radius 2 is 2.00 bits per heavy atom. The predicted octanol–water partition coefficient (Wildman–Crippen LogP) is 1.09. The molecule has 0 aliphatic carbocycles. The lowest BCUT2D eigenvalue weighted by Crippen LogP contribution is -2.30. The normalized spacial score (nSPS) is 11.2. The first-order valence-corrected chi connectivity index (χ1v) is 7.44. The maximum Gasteiger partial charge on any atom is 0.337 e. The van der Waals surface area contributed by atoms with Gasteiger partial charge in [-0.2, -0.15) is 0 Å². The average molecular weight is 324 g/mol. The third-order valence-electron chi connectivity index (χ3n) is 2.29. The van der Waals surface area contributed by atoms with Crippen molar-refractivity contribution < 1.29 is 27.5 Å². The Labute approximate surface area is 119 Å². The molecule has 0 saturated carbocycles. The van der Waals surface area contributed by atoms with Gasteiger partial charge in [-0.05, 0) is 19.1 Å². The number of rotatable bonds is 5. The van der Waals surface area contributed by atoms with E-state index < -0.39 is 48.8 Å². The molecule has 1 aromatic carbocycles. The molecule has 0 aromatic heterocycles. The summed E-state index contributed by atoms with van der Waals surface area (Å²) in [6, 6.07) is 1.31. The molecular formula is C11H11ClFNO5S. The molecule has 0 fully saturated rings. The molecule has 110 valence electrons. The third-order valence-corrected chi connectivity index (χ3v) is 4.27. The molecule has 0 aliphatic rings. The van der Waals surface area contributed by atoms with Gasteiger partial charge in [-0.15, -0.1) is 0 Å².